The van der Waals surface area contributed by atoms with Gasteiger partial charge in [0.25, 0.3) is 0 Å². The number of aromatic nitrogens is 2. The lowest BCUT2D eigenvalue weighted by atomic mass is 9.98. The molecule has 162 valence electrons. The molecule has 5 heteroatoms. The van der Waals surface area contributed by atoms with E-state index >= 15 is 0 Å². The molecule has 1 heterocycles. The molecule has 0 amide bonds. The molecule has 5 nitrogen and oxygen atoms in total. The fourth-order valence-corrected chi connectivity index (χ4v) is 4.47. The van der Waals surface area contributed by atoms with Gasteiger partial charge in [-0.05, 0) is 48.4 Å². The predicted octanol–water partition coefficient (Wildman–Crippen LogP) is 5.82. The molecular formula is C26H30N2O3. The number of ether oxygens (including phenoxy) is 1. The van der Waals surface area contributed by atoms with Crippen LogP contribution in [0.15, 0.2) is 54.7 Å². The summed E-state index contributed by atoms with van der Waals surface area (Å²) in [6.45, 7) is 3.60. The van der Waals surface area contributed by atoms with Crippen LogP contribution in [0.1, 0.15) is 61.8 Å². The Balaban J connectivity index is 1.49. The van der Waals surface area contributed by atoms with E-state index in [-0.39, 0.29) is 12.3 Å². The van der Waals surface area contributed by atoms with E-state index in [2.05, 4.69) is 29.7 Å². The first-order valence-corrected chi connectivity index (χ1v) is 11.2. The summed E-state index contributed by atoms with van der Waals surface area (Å²) in [5.74, 6) is 1.21. The molecule has 0 aliphatic heterocycles. The zero-order valence-corrected chi connectivity index (χ0v) is 18.1. The molecule has 0 saturated heterocycles. The van der Waals surface area contributed by atoms with E-state index in [0.29, 0.717) is 6.61 Å². The van der Waals surface area contributed by atoms with Crippen LogP contribution in [0.2, 0.25) is 0 Å². The third kappa shape index (κ3) is 4.98. The van der Waals surface area contributed by atoms with Crippen molar-refractivity contribution in [1.29, 1.82) is 0 Å². The third-order valence-electron chi connectivity index (χ3n) is 6.08. The van der Waals surface area contributed by atoms with Gasteiger partial charge in [-0.2, -0.15) is 0 Å². The highest BCUT2D eigenvalue weighted by molar-refractivity contribution is 5.68. The number of carbonyl (C=O) groups is 1. The number of hydrogen-bond acceptors (Lipinski definition) is 3. The lowest BCUT2D eigenvalue weighted by Crippen LogP contribution is -2.08. The molecule has 0 unspecified atom stereocenters. The quantitative estimate of drug-likeness (QED) is 0.421. The average molecular weight is 419 g/mol. The highest BCUT2D eigenvalue weighted by Crippen LogP contribution is 2.37. The van der Waals surface area contributed by atoms with Crippen molar-refractivity contribution in [1.82, 2.24) is 9.55 Å². The van der Waals surface area contributed by atoms with Crippen LogP contribution in [0.3, 0.4) is 0 Å². The number of carboxylic acids is 1. The number of imidazole rings is 1. The topological polar surface area (TPSA) is 64.3 Å². The summed E-state index contributed by atoms with van der Waals surface area (Å²) >= 11 is 0. The summed E-state index contributed by atoms with van der Waals surface area (Å²) in [6.07, 6.45) is 7.42. The number of hydrogen-bond donors (Lipinski definition) is 1. The number of unbranched alkanes of at least 4 members (excludes halogenated alkanes) is 2. The van der Waals surface area contributed by atoms with E-state index < -0.39 is 5.97 Å². The van der Waals surface area contributed by atoms with Crippen molar-refractivity contribution >= 4 is 5.97 Å². The van der Waals surface area contributed by atoms with E-state index in [0.717, 1.165) is 54.2 Å². The number of aliphatic carboxylic acids is 1. The minimum atomic E-state index is -0.733. The van der Waals surface area contributed by atoms with Crippen molar-refractivity contribution < 1.29 is 14.6 Å². The first-order chi connectivity index (χ1) is 15.2. The number of benzene rings is 2. The Morgan fingerprint density at radius 2 is 2.03 bits per heavy atom. The molecular weight excluding hydrogens is 388 g/mol. The molecule has 1 aliphatic rings. The van der Waals surface area contributed by atoms with Crippen molar-refractivity contribution in [2.75, 3.05) is 0 Å². The Hall–Kier alpha value is -3.08. The second kappa shape index (κ2) is 9.82. The zero-order valence-electron chi connectivity index (χ0n) is 18.1. The largest absolute Gasteiger partial charge is 0.487 e. The van der Waals surface area contributed by atoms with Crippen LogP contribution in [-0.4, -0.2) is 20.6 Å². The summed E-state index contributed by atoms with van der Waals surface area (Å²) < 4.78 is 8.43. The molecule has 0 radical (unpaired) electrons. The van der Waals surface area contributed by atoms with Gasteiger partial charge in [-0.15, -0.1) is 0 Å². The number of fused-ring (bicyclic) bond motifs is 1. The molecule has 3 aromatic rings. The smallest absolute Gasteiger partial charge is 0.303 e. The first-order valence-electron chi connectivity index (χ1n) is 11.2. The van der Waals surface area contributed by atoms with Crippen LogP contribution < -0.4 is 4.74 Å². The van der Waals surface area contributed by atoms with Gasteiger partial charge in [-0.3, -0.25) is 4.79 Å². The van der Waals surface area contributed by atoms with Crippen LogP contribution in [0.4, 0.5) is 0 Å². The maximum Gasteiger partial charge on any atom is 0.303 e. The van der Waals surface area contributed by atoms with Crippen molar-refractivity contribution in [2.24, 2.45) is 0 Å². The van der Waals surface area contributed by atoms with E-state index in [1.54, 1.807) is 0 Å². The van der Waals surface area contributed by atoms with Crippen LogP contribution in [0.5, 0.6) is 5.75 Å². The predicted molar refractivity (Wildman–Crippen MR) is 121 cm³/mol. The van der Waals surface area contributed by atoms with Gasteiger partial charge in [0.2, 0.25) is 0 Å². The number of rotatable bonds is 10. The number of nitrogens with zero attached hydrogens (tertiary/aromatic N) is 2. The summed E-state index contributed by atoms with van der Waals surface area (Å²) in [4.78, 5) is 15.8. The van der Waals surface area contributed by atoms with E-state index in [9.17, 15) is 4.79 Å². The van der Waals surface area contributed by atoms with Gasteiger partial charge >= 0.3 is 5.97 Å². The van der Waals surface area contributed by atoms with Crippen LogP contribution >= 0.6 is 0 Å². The number of aryl methyl sites for hydroxylation is 1. The fourth-order valence-electron chi connectivity index (χ4n) is 4.47. The Morgan fingerprint density at radius 3 is 2.81 bits per heavy atom. The van der Waals surface area contributed by atoms with E-state index in [4.69, 9.17) is 14.8 Å². The van der Waals surface area contributed by atoms with E-state index in [1.165, 1.54) is 18.4 Å². The standard InChI is InChI=1S/C26H30N2O3/c1-2-3-7-14-28-22(17-27-26(28)19-8-5-4-6-9-19)18-31-23-12-13-24-20(15-23)10-11-21(24)16-25(29)30/h4-6,8-9,12-13,15,17,21H,2-3,7,10-11,14,16,18H2,1H3,(H,29,30)/t21-/m0/s1. The molecule has 0 saturated carbocycles. The Kier molecular flexibility index (Phi) is 6.70. The van der Waals surface area contributed by atoms with Gasteiger partial charge in [-0.25, -0.2) is 4.98 Å². The molecule has 1 atom stereocenters. The molecule has 0 fully saturated rings. The first kappa shape index (κ1) is 21.2. The summed E-state index contributed by atoms with van der Waals surface area (Å²) in [5.41, 5.74) is 4.56. The average Bonchev–Trinajstić information content (AvgIpc) is 3.36. The molecule has 4 rings (SSSR count). The minimum absolute atomic E-state index is 0.120. The second-order valence-corrected chi connectivity index (χ2v) is 8.28. The molecule has 31 heavy (non-hydrogen) atoms. The molecule has 1 aliphatic carbocycles. The monoisotopic (exact) mass is 418 g/mol. The maximum absolute atomic E-state index is 11.1. The fraction of sp³-hybridized carbons (Fsp3) is 0.385. The Labute approximate surface area is 183 Å². The zero-order chi connectivity index (χ0) is 21.6. The molecule has 1 aromatic heterocycles. The van der Waals surface area contributed by atoms with E-state index in [1.807, 2.05) is 36.5 Å². The molecule has 0 bridgehead atoms. The molecule has 2 aromatic carbocycles. The van der Waals surface area contributed by atoms with Gasteiger partial charge in [0.1, 0.15) is 18.2 Å². The second-order valence-electron chi connectivity index (χ2n) is 8.28. The lowest BCUT2D eigenvalue weighted by Gasteiger charge is -2.14. The van der Waals surface area contributed by atoms with Crippen LogP contribution in [-0.2, 0) is 24.4 Å². The lowest BCUT2D eigenvalue weighted by molar-refractivity contribution is -0.137. The van der Waals surface area contributed by atoms with Crippen molar-refractivity contribution in [2.45, 2.75) is 64.5 Å². The minimum Gasteiger partial charge on any atom is -0.487 e. The van der Waals surface area contributed by atoms with Crippen LogP contribution in [0.25, 0.3) is 11.4 Å². The van der Waals surface area contributed by atoms with Gasteiger partial charge in [0.05, 0.1) is 18.3 Å². The molecule has 0 spiro atoms. The number of carboxylic acid groups (broad SMARTS) is 1. The van der Waals surface area contributed by atoms with Crippen LogP contribution in [0, 0.1) is 0 Å². The normalized spacial score (nSPS) is 15.1. The highest BCUT2D eigenvalue weighted by atomic mass is 16.5. The molecule has 1 N–H and O–H groups in total. The highest BCUT2D eigenvalue weighted by Gasteiger charge is 2.25. The van der Waals surface area contributed by atoms with Crippen molar-refractivity contribution in [3.8, 4) is 17.1 Å². The maximum atomic E-state index is 11.1. The summed E-state index contributed by atoms with van der Waals surface area (Å²) in [6, 6.07) is 16.4. The van der Waals surface area contributed by atoms with Crippen molar-refractivity contribution in [3.63, 3.8) is 0 Å². The summed E-state index contributed by atoms with van der Waals surface area (Å²) in [5, 5.41) is 9.12. The third-order valence-corrected chi connectivity index (χ3v) is 6.08. The van der Waals surface area contributed by atoms with Gasteiger partial charge < -0.3 is 14.4 Å². The van der Waals surface area contributed by atoms with Gasteiger partial charge in [0, 0.05) is 12.1 Å². The Morgan fingerprint density at radius 1 is 1.19 bits per heavy atom. The van der Waals surface area contributed by atoms with Gasteiger partial charge in [0.15, 0.2) is 0 Å². The SMILES string of the molecule is CCCCCn1c(COc2ccc3c(c2)CC[C@H]3CC(=O)O)cnc1-c1ccccc1. The van der Waals surface area contributed by atoms with Crippen molar-refractivity contribution in [3.05, 3.63) is 71.5 Å². The van der Waals surface area contributed by atoms with Gasteiger partial charge in [-0.1, -0.05) is 56.2 Å². The summed E-state index contributed by atoms with van der Waals surface area (Å²) in [7, 11) is 0. The Bertz CT molecular complexity index is 1030.